The average molecular weight is 800 g/mol. The number of hydrogen-bond donors (Lipinski definition) is 4. The van der Waals surface area contributed by atoms with Gasteiger partial charge in [0.25, 0.3) is 11.7 Å². The fraction of sp³-hybridized carbons (Fsp3) is 0.717. The van der Waals surface area contributed by atoms with Crippen molar-refractivity contribution in [3.63, 3.8) is 0 Å². The molecule has 0 radical (unpaired) electrons. The summed E-state index contributed by atoms with van der Waals surface area (Å²) in [6.45, 7) is 7.31. The predicted molar refractivity (Wildman–Crippen MR) is 222 cm³/mol. The smallest absolute Gasteiger partial charge is 0.326 e. The Kier molecular flexibility index (Phi) is 23.4. The van der Waals surface area contributed by atoms with Gasteiger partial charge in [-0.05, 0) is 96.0 Å². The van der Waals surface area contributed by atoms with Crippen molar-refractivity contribution in [1.29, 1.82) is 0 Å². The number of aliphatic hydroxyl groups is 3. The topological polar surface area (TPSA) is 179 Å². The Morgan fingerprint density at radius 3 is 2.33 bits per heavy atom. The van der Waals surface area contributed by atoms with Gasteiger partial charge in [-0.2, -0.15) is 0 Å². The number of likely N-dealkylation sites (tertiary alicyclic amines) is 1. The fourth-order valence-electron chi connectivity index (χ4n) is 7.76. The molecule has 2 rings (SSSR count). The first-order valence-electron chi connectivity index (χ1n) is 21.5. The number of methoxy groups -OCH3 is 1. The Morgan fingerprint density at radius 1 is 0.877 bits per heavy atom. The summed E-state index contributed by atoms with van der Waals surface area (Å²) in [6.07, 6.45) is 26.2. The molecule has 1 saturated carbocycles. The SMILES string of the molecule is COC1CCCC(CCCCC(=O)C/C=C(\C)C(O)CC(=O)C(C)CC/C=C/C=C/C=C(\C)CCCCCC(C)C(O)(O)C(=O)C(=O)N2CCCCC2C(=O)O)C1. The van der Waals surface area contributed by atoms with Crippen LogP contribution in [0, 0.1) is 17.8 Å². The second-order valence-electron chi connectivity index (χ2n) is 16.7. The molecule has 0 spiro atoms. The minimum atomic E-state index is -2.86. The van der Waals surface area contributed by atoms with Crippen LogP contribution in [-0.4, -0.2) is 92.2 Å². The first kappa shape index (κ1) is 49.9. The summed E-state index contributed by atoms with van der Waals surface area (Å²) in [7, 11) is 1.79. The van der Waals surface area contributed by atoms with E-state index in [1.165, 1.54) is 25.3 Å². The first-order chi connectivity index (χ1) is 27.1. The Bertz CT molecular complexity index is 1410. The number of amides is 1. The highest BCUT2D eigenvalue weighted by molar-refractivity contribution is 6.39. The van der Waals surface area contributed by atoms with E-state index in [1.807, 2.05) is 44.2 Å². The number of Topliss-reactive ketones (excluding diaryl/α,β-unsaturated/α-hetero) is 3. The normalized spacial score (nSPS) is 21.5. The number of unbranched alkanes of at least 4 members (excludes halogenated alkanes) is 3. The molecule has 4 N–H and O–H groups in total. The molecule has 1 aliphatic carbocycles. The maximum atomic E-state index is 12.7. The van der Waals surface area contributed by atoms with Gasteiger partial charge >= 0.3 is 5.97 Å². The zero-order valence-electron chi connectivity index (χ0n) is 35.5. The maximum Gasteiger partial charge on any atom is 0.326 e. The summed E-state index contributed by atoms with van der Waals surface area (Å²) in [5.74, 6) is -6.79. The van der Waals surface area contributed by atoms with Crippen LogP contribution < -0.4 is 0 Å². The van der Waals surface area contributed by atoms with Gasteiger partial charge < -0.3 is 30.1 Å². The lowest BCUT2D eigenvalue weighted by atomic mass is 9.84. The number of hydrogen-bond acceptors (Lipinski definition) is 9. The number of ether oxygens (including phenoxy) is 1. The molecule has 2 fully saturated rings. The molecule has 0 aromatic heterocycles. The van der Waals surface area contributed by atoms with Crippen molar-refractivity contribution in [1.82, 2.24) is 4.90 Å². The Morgan fingerprint density at radius 2 is 1.61 bits per heavy atom. The third-order valence-corrected chi connectivity index (χ3v) is 12.0. The molecule has 322 valence electrons. The molecule has 11 nitrogen and oxygen atoms in total. The lowest BCUT2D eigenvalue weighted by Gasteiger charge is -2.35. The molecule has 2 aliphatic rings. The molecule has 6 unspecified atom stereocenters. The van der Waals surface area contributed by atoms with E-state index in [-0.39, 0.29) is 36.9 Å². The van der Waals surface area contributed by atoms with Gasteiger partial charge in [0, 0.05) is 44.8 Å². The minimum Gasteiger partial charge on any atom is -0.480 e. The van der Waals surface area contributed by atoms with Gasteiger partial charge in [-0.3, -0.25) is 19.2 Å². The molecule has 57 heavy (non-hydrogen) atoms. The standard InChI is InChI=1S/C46H73NO10/c1-33(20-11-9-13-22-36(4)46(55,56)43(51)44(52)47-30-17-16-27-40(47)45(53)54)19-10-7-6-8-12-21-34(2)41(49)32-42(50)35(3)28-29-38(48)25-15-14-23-37-24-18-26-39(31-37)57-5/h6-8,10,19,28,34,36-37,39-40,42,50,55-56H,9,11-18,20-27,29-32H2,1-5H3,(H,53,54)/b8-6+,10-7+,33-19+,35-28+. The van der Waals surface area contributed by atoms with Crippen molar-refractivity contribution in [3.8, 4) is 0 Å². The van der Waals surface area contributed by atoms with Gasteiger partial charge in [0.05, 0.1) is 12.2 Å². The number of carbonyl (C=O) groups is 5. The highest BCUT2D eigenvalue weighted by Gasteiger charge is 2.46. The first-order valence-corrected chi connectivity index (χ1v) is 21.5. The number of aliphatic hydroxyl groups excluding tert-OH is 1. The number of ketones is 3. The third kappa shape index (κ3) is 18.5. The molecule has 11 heteroatoms. The van der Waals surface area contributed by atoms with E-state index < -0.39 is 41.5 Å². The minimum absolute atomic E-state index is 0.0103. The predicted octanol–water partition coefficient (Wildman–Crippen LogP) is 7.75. The van der Waals surface area contributed by atoms with Gasteiger partial charge in [0.1, 0.15) is 17.6 Å². The second-order valence-corrected chi connectivity index (χ2v) is 16.7. The molecule has 1 heterocycles. The number of carboxylic acid groups (broad SMARTS) is 1. The van der Waals surface area contributed by atoms with Gasteiger partial charge in [0.15, 0.2) is 0 Å². The van der Waals surface area contributed by atoms with E-state index in [4.69, 9.17) is 4.74 Å². The largest absolute Gasteiger partial charge is 0.480 e. The Balaban J connectivity index is 1.59. The van der Waals surface area contributed by atoms with Crippen LogP contribution in [0.4, 0.5) is 0 Å². The van der Waals surface area contributed by atoms with Crippen molar-refractivity contribution >= 4 is 29.2 Å². The van der Waals surface area contributed by atoms with E-state index in [1.54, 1.807) is 20.1 Å². The van der Waals surface area contributed by atoms with Crippen LogP contribution in [0.1, 0.15) is 156 Å². The van der Waals surface area contributed by atoms with Gasteiger partial charge in [-0.15, -0.1) is 0 Å². The van der Waals surface area contributed by atoms with E-state index in [2.05, 4.69) is 0 Å². The average Bonchev–Trinajstić information content (AvgIpc) is 3.20. The zero-order chi connectivity index (χ0) is 42.4. The summed E-state index contributed by atoms with van der Waals surface area (Å²) in [6, 6.07) is -1.13. The summed E-state index contributed by atoms with van der Waals surface area (Å²) in [4.78, 5) is 63.1. The molecule has 0 bridgehead atoms. The quantitative estimate of drug-likeness (QED) is 0.0211. The van der Waals surface area contributed by atoms with Crippen LogP contribution in [0.5, 0.6) is 0 Å². The molecule has 1 aliphatic heterocycles. The number of carbonyl (C=O) groups excluding carboxylic acids is 4. The van der Waals surface area contributed by atoms with Crippen LogP contribution >= 0.6 is 0 Å². The van der Waals surface area contributed by atoms with E-state index in [0.717, 1.165) is 62.7 Å². The second kappa shape index (κ2) is 26.7. The van der Waals surface area contributed by atoms with Gasteiger partial charge in [0.2, 0.25) is 5.79 Å². The Hall–Kier alpha value is -3.25. The molecular weight excluding hydrogens is 727 g/mol. The summed E-state index contributed by atoms with van der Waals surface area (Å²) >= 11 is 0. The van der Waals surface area contributed by atoms with Crippen molar-refractivity contribution in [2.24, 2.45) is 17.8 Å². The fourth-order valence-corrected chi connectivity index (χ4v) is 7.76. The van der Waals surface area contributed by atoms with Crippen LogP contribution in [0.3, 0.4) is 0 Å². The number of rotatable bonds is 27. The lowest BCUT2D eigenvalue weighted by molar-refractivity contribution is -0.205. The molecular formula is C46H73NO10. The summed E-state index contributed by atoms with van der Waals surface area (Å²) in [5, 5.41) is 41.1. The monoisotopic (exact) mass is 800 g/mol. The number of aliphatic carboxylic acids is 1. The molecule has 1 amide bonds. The van der Waals surface area contributed by atoms with Gasteiger partial charge in [-0.1, -0.05) is 94.4 Å². The molecule has 1 saturated heterocycles. The van der Waals surface area contributed by atoms with Crippen molar-refractivity contribution in [2.45, 2.75) is 180 Å². The Labute approximate surface area is 341 Å². The van der Waals surface area contributed by atoms with Crippen LogP contribution in [0.25, 0.3) is 0 Å². The van der Waals surface area contributed by atoms with E-state index in [0.29, 0.717) is 62.5 Å². The van der Waals surface area contributed by atoms with Crippen LogP contribution in [0.2, 0.25) is 0 Å². The lowest BCUT2D eigenvalue weighted by Crippen LogP contribution is -2.57. The van der Waals surface area contributed by atoms with Gasteiger partial charge in [-0.25, -0.2) is 4.79 Å². The number of nitrogens with zero attached hydrogens (tertiary/aromatic N) is 1. The molecule has 6 atom stereocenters. The number of allylic oxidation sites excluding steroid dienone is 7. The molecule has 0 aromatic carbocycles. The van der Waals surface area contributed by atoms with Crippen molar-refractivity contribution in [3.05, 3.63) is 47.6 Å². The van der Waals surface area contributed by atoms with Crippen LogP contribution in [0.15, 0.2) is 47.6 Å². The number of carboxylic acids is 1. The van der Waals surface area contributed by atoms with E-state index >= 15 is 0 Å². The number of piperidine rings is 1. The van der Waals surface area contributed by atoms with Crippen molar-refractivity contribution < 1.29 is 49.1 Å². The summed E-state index contributed by atoms with van der Waals surface area (Å²) < 4.78 is 5.52. The highest BCUT2D eigenvalue weighted by atomic mass is 16.5. The molecule has 0 aromatic rings. The van der Waals surface area contributed by atoms with Crippen molar-refractivity contribution in [2.75, 3.05) is 13.7 Å². The van der Waals surface area contributed by atoms with Crippen LogP contribution in [-0.2, 0) is 28.7 Å². The summed E-state index contributed by atoms with van der Waals surface area (Å²) in [5.41, 5.74) is 1.85. The maximum absolute atomic E-state index is 12.7. The van der Waals surface area contributed by atoms with E-state index in [9.17, 15) is 44.4 Å². The zero-order valence-corrected chi connectivity index (χ0v) is 35.5. The highest BCUT2D eigenvalue weighted by Crippen LogP contribution is 2.30. The third-order valence-electron chi connectivity index (χ3n) is 12.0.